The van der Waals surface area contributed by atoms with Crippen LogP contribution >= 0.6 is 0 Å². The van der Waals surface area contributed by atoms with Gasteiger partial charge in [-0.1, -0.05) is 55.8 Å². The van der Waals surface area contributed by atoms with E-state index in [2.05, 4.69) is 63.2 Å². The summed E-state index contributed by atoms with van der Waals surface area (Å²) in [5, 5.41) is 0. The van der Waals surface area contributed by atoms with E-state index in [0.717, 1.165) is 0 Å². The van der Waals surface area contributed by atoms with Crippen molar-refractivity contribution in [2.45, 2.75) is 40.0 Å². The molecule has 0 aliphatic rings. The Kier molecular flexibility index (Phi) is 4.19. The fourth-order valence-corrected chi connectivity index (χ4v) is 2.55. The predicted octanol–water partition coefficient (Wildman–Crippen LogP) is 5.31. The molecular formula is C18H22. The molecule has 18 heavy (non-hydrogen) atoms. The SMILES string of the molecule is CCCCc1c(C)ccc(C)c1-c1ccccc1. The van der Waals surface area contributed by atoms with Crippen molar-refractivity contribution in [3.05, 3.63) is 59.2 Å². The first kappa shape index (κ1) is 12.9. The van der Waals surface area contributed by atoms with Gasteiger partial charge in [-0.2, -0.15) is 0 Å². The largest absolute Gasteiger partial charge is 0.0654 e. The van der Waals surface area contributed by atoms with Gasteiger partial charge in [0.1, 0.15) is 0 Å². The Morgan fingerprint density at radius 2 is 1.50 bits per heavy atom. The minimum Gasteiger partial charge on any atom is -0.0654 e. The van der Waals surface area contributed by atoms with Crippen LogP contribution in [-0.4, -0.2) is 0 Å². The zero-order chi connectivity index (χ0) is 13.0. The summed E-state index contributed by atoms with van der Waals surface area (Å²) in [6.45, 7) is 6.71. The molecular weight excluding hydrogens is 216 g/mol. The van der Waals surface area contributed by atoms with Gasteiger partial charge in [0.2, 0.25) is 0 Å². The van der Waals surface area contributed by atoms with E-state index in [0.29, 0.717) is 0 Å². The lowest BCUT2D eigenvalue weighted by Crippen LogP contribution is -1.97. The molecule has 0 saturated heterocycles. The third-order valence-corrected chi connectivity index (χ3v) is 3.60. The van der Waals surface area contributed by atoms with Crippen LogP contribution in [0.4, 0.5) is 0 Å². The van der Waals surface area contributed by atoms with Crippen LogP contribution in [0, 0.1) is 13.8 Å². The number of hydrogen-bond donors (Lipinski definition) is 0. The number of unbranched alkanes of at least 4 members (excludes halogenated alkanes) is 1. The lowest BCUT2D eigenvalue weighted by molar-refractivity contribution is 0.792. The van der Waals surface area contributed by atoms with E-state index in [1.165, 1.54) is 47.1 Å². The molecule has 2 rings (SSSR count). The highest BCUT2D eigenvalue weighted by atomic mass is 14.1. The molecule has 0 N–H and O–H groups in total. The summed E-state index contributed by atoms with van der Waals surface area (Å²) in [5.74, 6) is 0. The molecule has 0 saturated carbocycles. The van der Waals surface area contributed by atoms with Crippen molar-refractivity contribution in [3.63, 3.8) is 0 Å². The molecule has 0 amide bonds. The number of hydrogen-bond acceptors (Lipinski definition) is 0. The Bertz CT molecular complexity index is 509. The first-order chi connectivity index (χ1) is 8.74. The van der Waals surface area contributed by atoms with Crippen LogP contribution in [0.25, 0.3) is 11.1 Å². The molecule has 0 radical (unpaired) electrons. The van der Waals surface area contributed by atoms with Gasteiger partial charge in [0.25, 0.3) is 0 Å². The van der Waals surface area contributed by atoms with E-state index >= 15 is 0 Å². The van der Waals surface area contributed by atoms with Gasteiger partial charge >= 0.3 is 0 Å². The quantitative estimate of drug-likeness (QED) is 0.677. The van der Waals surface area contributed by atoms with E-state index in [1.807, 2.05) is 0 Å². The average Bonchev–Trinajstić information content (AvgIpc) is 2.40. The molecule has 2 aromatic rings. The Labute approximate surface area is 111 Å². The predicted molar refractivity (Wildman–Crippen MR) is 80.0 cm³/mol. The summed E-state index contributed by atoms with van der Waals surface area (Å²) >= 11 is 0. The maximum absolute atomic E-state index is 2.26. The molecule has 0 spiro atoms. The smallest absolute Gasteiger partial charge is 0.0120 e. The first-order valence-corrected chi connectivity index (χ1v) is 6.88. The zero-order valence-electron chi connectivity index (χ0n) is 11.7. The highest BCUT2D eigenvalue weighted by Gasteiger charge is 2.10. The van der Waals surface area contributed by atoms with Crippen LogP contribution in [0.5, 0.6) is 0 Å². The van der Waals surface area contributed by atoms with Gasteiger partial charge < -0.3 is 0 Å². The number of aryl methyl sites for hydroxylation is 2. The van der Waals surface area contributed by atoms with Crippen LogP contribution < -0.4 is 0 Å². The lowest BCUT2D eigenvalue weighted by Gasteiger charge is -2.16. The summed E-state index contributed by atoms with van der Waals surface area (Å²) in [5.41, 5.74) is 7.14. The van der Waals surface area contributed by atoms with Crippen molar-refractivity contribution in [1.82, 2.24) is 0 Å². The molecule has 0 unspecified atom stereocenters. The lowest BCUT2D eigenvalue weighted by atomic mass is 9.89. The highest BCUT2D eigenvalue weighted by Crippen LogP contribution is 2.30. The molecule has 0 aliphatic heterocycles. The Hall–Kier alpha value is -1.56. The van der Waals surface area contributed by atoms with Crippen molar-refractivity contribution < 1.29 is 0 Å². The number of rotatable bonds is 4. The van der Waals surface area contributed by atoms with E-state index in [4.69, 9.17) is 0 Å². The van der Waals surface area contributed by atoms with Gasteiger partial charge in [-0.15, -0.1) is 0 Å². The minimum atomic E-state index is 1.19. The van der Waals surface area contributed by atoms with Gasteiger partial charge in [0, 0.05) is 0 Å². The summed E-state index contributed by atoms with van der Waals surface area (Å²) in [7, 11) is 0. The maximum atomic E-state index is 2.26. The first-order valence-electron chi connectivity index (χ1n) is 6.88. The summed E-state index contributed by atoms with van der Waals surface area (Å²) < 4.78 is 0. The van der Waals surface area contributed by atoms with Crippen LogP contribution in [0.1, 0.15) is 36.5 Å². The van der Waals surface area contributed by atoms with Gasteiger partial charge in [0.05, 0.1) is 0 Å². The zero-order valence-corrected chi connectivity index (χ0v) is 11.7. The Morgan fingerprint density at radius 3 is 2.17 bits per heavy atom. The fourth-order valence-electron chi connectivity index (χ4n) is 2.55. The van der Waals surface area contributed by atoms with Gasteiger partial charge in [0.15, 0.2) is 0 Å². The molecule has 2 aromatic carbocycles. The molecule has 0 nitrogen and oxygen atoms in total. The molecule has 0 heteroatoms. The third kappa shape index (κ3) is 2.64. The molecule has 0 bridgehead atoms. The van der Waals surface area contributed by atoms with Crippen molar-refractivity contribution in [2.75, 3.05) is 0 Å². The topological polar surface area (TPSA) is 0 Å². The van der Waals surface area contributed by atoms with E-state index in [-0.39, 0.29) is 0 Å². The summed E-state index contributed by atoms with van der Waals surface area (Å²) in [4.78, 5) is 0. The van der Waals surface area contributed by atoms with Crippen LogP contribution in [-0.2, 0) is 6.42 Å². The molecule has 0 atom stereocenters. The molecule has 0 aliphatic carbocycles. The number of benzene rings is 2. The average molecular weight is 238 g/mol. The monoisotopic (exact) mass is 238 g/mol. The summed E-state index contributed by atoms with van der Waals surface area (Å²) in [6, 6.07) is 15.3. The molecule has 0 aromatic heterocycles. The second-order valence-corrected chi connectivity index (χ2v) is 5.02. The van der Waals surface area contributed by atoms with Gasteiger partial charge in [-0.05, 0) is 54.5 Å². The second kappa shape index (κ2) is 5.86. The fraction of sp³-hybridized carbons (Fsp3) is 0.333. The van der Waals surface area contributed by atoms with Gasteiger partial charge in [-0.3, -0.25) is 0 Å². The third-order valence-electron chi connectivity index (χ3n) is 3.60. The normalized spacial score (nSPS) is 10.6. The van der Waals surface area contributed by atoms with Crippen molar-refractivity contribution in [1.29, 1.82) is 0 Å². The van der Waals surface area contributed by atoms with Crippen LogP contribution in [0.15, 0.2) is 42.5 Å². The molecule has 0 heterocycles. The highest BCUT2D eigenvalue weighted by molar-refractivity contribution is 5.72. The summed E-state index contributed by atoms with van der Waals surface area (Å²) in [6.07, 6.45) is 3.71. The van der Waals surface area contributed by atoms with E-state index in [1.54, 1.807) is 0 Å². The van der Waals surface area contributed by atoms with Crippen molar-refractivity contribution >= 4 is 0 Å². The van der Waals surface area contributed by atoms with Crippen LogP contribution in [0.2, 0.25) is 0 Å². The molecule has 0 fully saturated rings. The standard InChI is InChI=1S/C18H22/c1-4-5-11-17-14(2)12-13-15(3)18(17)16-9-7-6-8-10-16/h6-10,12-13H,4-5,11H2,1-3H3. The van der Waals surface area contributed by atoms with E-state index in [9.17, 15) is 0 Å². The molecule has 94 valence electrons. The van der Waals surface area contributed by atoms with Crippen molar-refractivity contribution in [3.8, 4) is 11.1 Å². The van der Waals surface area contributed by atoms with Crippen molar-refractivity contribution in [2.24, 2.45) is 0 Å². The second-order valence-electron chi connectivity index (χ2n) is 5.02. The van der Waals surface area contributed by atoms with Crippen LogP contribution in [0.3, 0.4) is 0 Å². The Balaban J connectivity index is 2.53. The van der Waals surface area contributed by atoms with Gasteiger partial charge in [-0.25, -0.2) is 0 Å². The maximum Gasteiger partial charge on any atom is -0.0120 e. The van der Waals surface area contributed by atoms with E-state index < -0.39 is 0 Å². The minimum absolute atomic E-state index is 1.19. The Morgan fingerprint density at radius 1 is 0.833 bits per heavy atom.